The summed E-state index contributed by atoms with van der Waals surface area (Å²) in [5, 5.41) is 0. The topological polar surface area (TPSA) is 47.4 Å². The minimum Gasteiger partial charge on any atom is -0.497 e. The lowest BCUT2D eigenvalue weighted by atomic mass is 10.1. The minimum atomic E-state index is 0.0486. The molecule has 0 unspecified atom stereocenters. The molecule has 3 aromatic carbocycles. The summed E-state index contributed by atoms with van der Waals surface area (Å²) < 4.78 is 7.52. The number of fused-ring (bicyclic) bond motifs is 1. The van der Waals surface area contributed by atoms with E-state index < -0.39 is 0 Å². The van der Waals surface area contributed by atoms with Gasteiger partial charge in [0.15, 0.2) is 0 Å². The van der Waals surface area contributed by atoms with Gasteiger partial charge in [0.2, 0.25) is 5.91 Å². The van der Waals surface area contributed by atoms with Crippen LogP contribution < -0.4 is 9.64 Å². The number of amides is 1. The molecule has 1 amide bonds. The molecule has 5 heteroatoms. The van der Waals surface area contributed by atoms with E-state index in [4.69, 9.17) is 9.72 Å². The number of ether oxygens (including phenoxy) is 1. The molecule has 0 radical (unpaired) electrons. The summed E-state index contributed by atoms with van der Waals surface area (Å²) in [6.45, 7) is 3.46. The SMILES string of the molecule is COc1ccc(N2C[C@H](c3nc4ccccc4n3Cc3ccc(C)cc3)CC2=O)cc1. The summed E-state index contributed by atoms with van der Waals surface area (Å²) in [4.78, 5) is 19.7. The first-order valence-corrected chi connectivity index (χ1v) is 10.6. The van der Waals surface area contributed by atoms with Gasteiger partial charge in [0.25, 0.3) is 0 Å². The Morgan fingerprint density at radius 3 is 2.48 bits per heavy atom. The van der Waals surface area contributed by atoms with Crippen LogP contribution in [0.3, 0.4) is 0 Å². The highest BCUT2D eigenvalue weighted by Gasteiger charge is 2.34. The highest BCUT2D eigenvalue weighted by atomic mass is 16.5. The third-order valence-corrected chi connectivity index (χ3v) is 6.02. The number of nitrogens with zero attached hydrogens (tertiary/aromatic N) is 3. The molecule has 0 aliphatic carbocycles. The van der Waals surface area contributed by atoms with Crippen LogP contribution in [0.1, 0.15) is 29.3 Å². The average molecular weight is 412 g/mol. The number of aryl methyl sites for hydroxylation is 1. The first-order valence-electron chi connectivity index (χ1n) is 10.6. The van der Waals surface area contributed by atoms with Crippen molar-refractivity contribution < 1.29 is 9.53 Å². The standard InChI is InChI=1S/C26H25N3O2/c1-18-7-9-19(10-8-18)16-29-24-6-4-3-5-23(24)27-26(29)20-15-25(30)28(17-20)21-11-13-22(31-2)14-12-21/h3-14,20H,15-17H2,1-2H3/t20-/m1/s1. The van der Waals surface area contributed by atoms with Crippen LogP contribution in [0.5, 0.6) is 5.75 Å². The van der Waals surface area contributed by atoms with Gasteiger partial charge in [-0.2, -0.15) is 0 Å². The quantitative estimate of drug-likeness (QED) is 0.468. The Balaban J connectivity index is 1.49. The van der Waals surface area contributed by atoms with Crippen molar-refractivity contribution >= 4 is 22.6 Å². The number of rotatable bonds is 5. The highest BCUT2D eigenvalue weighted by molar-refractivity contribution is 5.96. The Bertz CT molecular complexity index is 1230. The first-order chi connectivity index (χ1) is 15.1. The molecule has 5 rings (SSSR count). The lowest BCUT2D eigenvalue weighted by molar-refractivity contribution is -0.117. The number of aromatic nitrogens is 2. The zero-order valence-corrected chi connectivity index (χ0v) is 17.8. The lowest BCUT2D eigenvalue weighted by Gasteiger charge is -2.18. The van der Waals surface area contributed by atoms with Crippen LogP contribution in [0.25, 0.3) is 11.0 Å². The maximum absolute atomic E-state index is 12.9. The molecule has 5 nitrogen and oxygen atoms in total. The second-order valence-corrected chi connectivity index (χ2v) is 8.13. The van der Waals surface area contributed by atoms with Crippen molar-refractivity contribution in [2.45, 2.75) is 25.8 Å². The van der Waals surface area contributed by atoms with E-state index in [-0.39, 0.29) is 11.8 Å². The van der Waals surface area contributed by atoms with E-state index in [1.54, 1.807) is 7.11 Å². The van der Waals surface area contributed by atoms with Gasteiger partial charge >= 0.3 is 0 Å². The number of hydrogen-bond acceptors (Lipinski definition) is 3. The van der Waals surface area contributed by atoms with Gasteiger partial charge in [-0.25, -0.2) is 4.98 Å². The molecule has 1 aromatic heterocycles. The first kappa shape index (κ1) is 19.4. The minimum absolute atomic E-state index is 0.0486. The van der Waals surface area contributed by atoms with Crippen LogP contribution in [0, 0.1) is 6.92 Å². The summed E-state index contributed by atoms with van der Waals surface area (Å²) in [5.41, 5.74) is 5.45. The number of hydrogen-bond donors (Lipinski definition) is 0. The van der Waals surface area contributed by atoms with Gasteiger partial charge in [-0.05, 0) is 48.9 Å². The molecule has 0 saturated carbocycles. The number of methoxy groups -OCH3 is 1. The monoisotopic (exact) mass is 411 g/mol. The maximum atomic E-state index is 12.9. The molecule has 1 aliphatic rings. The Morgan fingerprint density at radius 2 is 1.74 bits per heavy atom. The number of anilines is 1. The van der Waals surface area contributed by atoms with Gasteiger partial charge in [0, 0.05) is 31.1 Å². The van der Waals surface area contributed by atoms with Crippen LogP contribution >= 0.6 is 0 Å². The van der Waals surface area contributed by atoms with Crippen LogP contribution in [0.2, 0.25) is 0 Å². The predicted molar refractivity (Wildman–Crippen MR) is 123 cm³/mol. The lowest BCUT2D eigenvalue weighted by Crippen LogP contribution is -2.24. The van der Waals surface area contributed by atoms with E-state index >= 15 is 0 Å². The van der Waals surface area contributed by atoms with Crippen LogP contribution in [0.4, 0.5) is 5.69 Å². The molecule has 4 aromatic rings. The summed E-state index contributed by atoms with van der Waals surface area (Å²) in [6.07, 6.45) is 0.462. The third-order valence-electron chi connectivity index (χ3n) is 6.02. The Kier molecular flexibility index (Phi) is 4.94. The van der Waals surface area contributed by atoms with Crippen molar-refractivity contribution in [3.05, 3.63) is 89.7 Å². The van der Waals surface area contributed by atoms with Gasteiger partial charge in [-0.3, -0.25) is 4.79 Å². The largest absolute Gasteiger partial charge is 0.497 e. The molecular formula is C26H25N3O2. The van der Waals surface area contributed by atoms with Crippen molar-refractivity contribution in [3.63, 3.8) is 0 Å². The zero-order valence-electron chi connectivity index (χ0n) is 17.8. The summed E-state index contributed by atoms with van der Waals surface area (Å²) in [7, 11) is 1.64. The fraction of sp³-hybridized carbons (Fsp3) is 0.231. The van der Waals surface area contributed by atoms with E-state index in [9.17, 15) is 4.79 Å². The summed E-state index contributed by atoms with van der Waals surface area (Å²) in [6, 6.07) is 24.5. The second kappa shape index (κ2) is 7.91. The smallest absolute Gasteiger partial charge is 0.227 e. The second-order valence-electron chi connectivity index (χ2n) is 8.13. The van der Waals surface area contributed by atoms with Crippen molar-refractivity contribution in [1.82, 2.24) is 9.55 Å². The van der Waals surface area contributed by atoms with E-state index in [1.165, 1.54) is 11.1 Å². The number of carbonyl (C=O) groups is 1. The van der Waals surface area contributed by atoms with Gasteiger partial charge in [0.05, 0.1) is 18.1 Å². The van der Waals surface area contributed by atoms with Crippen molar-refractivity contribution in [1.29, 1.82) is 0 Å². The number of carbonyl (C=O) groups excluding carboxylic acids is 1. The molecule has 0 N–H and O–H groups in total. The molecule has 1 saturated heterocycles. The van der Waals surface area contributed by atoms with Gasteiger partial charge < -0.3 is 14.2 Å². The fourth-order valence-corrected chi connectivity index (χ4v) is 4.34. The van der Waals surface area contributed by atoms with Crippen molar-refractivity contribution in [2.24, 2.45) is 0 Å². The molecule has 1 aliphatic heterocycles. The normalized spacial score (nSPS) is 16.3. The van der Waals surface area contributed by atoms with E-state index in [0.717, 1.165) is 34.8 Å². The number of imidazole rings is 1. The number of para-hydroxylation sites is 2. The maximum Gasteiger partial charge on any atom is 0.227 e. The molecule has 156 valence electrons. The van der Waals surface area contributed by atoms with E-state index in [1.807, 2.05) is 47.4 Å². The molecule has 2 heterocycles. The Morgan fingerprint density at radius 1 is 1.00 bits per heavy atom. The Labute approximate surface area is 181 Å². The molecule has 1 fully saturated rings. The third kappa shape index (κ3) is 3.67. The molecule has 0 bridgehead atoms. The summed E-state index contributed by atoms with van der Waals surface area (Å²) in [5.74, 6) is 1.94. The molecular weight excluding hydrogens is 386 g/mol. The van der Waals surface area contributed by atoms with Crippen LogP contribution in [-0.4, -0.2) is 29.1 Å². The highest BCUT2D eigenvalue weighted by Crippen LogP contribution is 2.34. The van der Waals surface area contributed by atoms with E-state index in [2.05, 4.69) is 41.8 Å². The van der Waals surface area contributed by atoms with E-state index in [0.29, 0.717) is 13.0 Å². The average Bonchev–Trinajstić information content (AvgIpc) is 3.36. The molecule has 0 spiro atoms. The van der Waals surface area contributed by atoms with Crippen LogP contribution in [-0.2, 0) is 11.3 Å². The van der Waals surface area contributed by atoms with Crippen LogP contribution in [0.15, 0.2) is 72.8 Å². The van der Waals surface area contributed by atoms with Gasteiger partial charge in [-0.1, -0.05) is 42.0 Å². The molecule has 1 atom stereocenters. The van der Waals surface area contributed by atoms with Gasteiger partial charge in [-0.15, -0.1) is 0 Å². The fourth-order valence-electron chi connectivity index (χ4n) is 4.34. The van der Waals surface area contributed by atoms with Crippen molar-refractivity contribution in [3.8, 4) is 5.75 Å². The predicted octanol–water partition coefficient (Wildman–Crippen LogP) is 4.92. The van der Waals surface area contributed by atoms with Gasteiger partial charge in [0.1, 0.15) is 11.6 Å². The number of benzene rings is 3. The van der Waals surface area contributed by atoms with Crippen molar-refractivity contribution in [2.75, 3.05) is 18.6 Å². The zero-order chi connectivity index (χ0) is 21.4. The molecule has 31 heavy (non-hydrogen) atoms. The summed E-state index contributed by atoms with van der Waals surface area (Å²) >= 11 is 0. The Hall–Kier alpha value is -3.60.